The van der Waals surface area contributed by atoms with Gasteiger partial charge in [-0.3, -0.25) is 9.59 Å². The van der Waals surface area contributed by atoms with E-state index in [9.17, 15) is 24.6 Å². The second-order valence-corrected chi connectivity index (χ2v) is 7.58. The Morgan fingerprint density at radius 1 is 1.12 bits per heavy atom. The van der Waals surface area contributed by atoms with Crippen molar-refractivity contribution >= 4 is 28.7 Å². The molecule has 8 N–H and O–H groups in total. The van der Waals surface area contributed by atoms with Crippen LogP contribution in [0.1, 0.15) is 18.2 Å². The van der Waals surface area contributed by atoms with Gasteiger partial charge in [-0.2, -0.15) is 0 Å². The van der Waals surface area contributed by atoms with E-state index in [1.165, 1.54) is 19.4 Å². The molecule has 4 atom stereocenters. The lowest BCUT2D eigenvalue weighted by Gasteiger charge is -2.24. The fourth-order valence-corrected chi connectivity index (χ4v) is 3.37. The minimum absolute atomic E-state index is 0.0401. The molecule has 0 spiro atoms. The number of hydrogen-bond acceptors (Lipinski definition) is 6. The van der Waals surface area contributed by atoms with E-state index in [1.807, 2.05) is 24.3 Å². The highest BCUT2D eigenvalue weighted by Gasteiger charge is 2.31. The maximum absolute atomic E-state index is 12.7. The molecule has 3 rings (SSSR count). The molecular weight excluding hydrogens is 416 g/mol. The highest BCUT2D eigenvalue weighted by Crippen LogP contribution is 2.18. The third kappa shape index (κ3) is 5.50. The Balaban J connectivity index is 1.64. The molecule has 4 unspecified atom stereocenters. The summed E-state index contributed by atoms with van der Waals surface area (Å²) in [7, 11) is 0. The topological polar surface area (TPSA) is 186 Å². The summed E-state index contributed by atoms with van der Waals surface area (Å²) in [6, 6.07) is 3.94. The number of nitrogens with one attached hydrogen (secondary N) is 4. The Kier molecular flexibility index (Phi) is 7.23. The second kappa shape index (κ2) is 10.1. The zero-order valence-corrected chi connectivity index (χ0v) is 17.4. The summed E-state index contributed by atoms with van der Waals surface area (Å²) >= 11 is 0. The highest BCUT2D eigenvalue weighted by atomic mass is 16.4. The van der Waals surface area contributed by atoms with Gasteiger partial charge in [0.2, 0.25) is 11.8 Å². The number of carbonyl (C=O) groups is 3. The molecule has 170 valence electrons. The fraction of sp³-hybridized carbons (Fsp3) is 0.333. The van der Waals surface area contributed by atoms with Gasteiger partial charge in [0, 0.05) is 35.4 Å². The van der Waals surface area contributed by atoms with Crippen molar-refractivity contribution < 1.29 is 24.6 Å². The number of imidazole rings is 1. The summed E-state index contributed by atoms with van der Waals surface area (Å²) in [4.78, 5) is 46.5. The number of aliphatic hydroxyl groups excluding tert-OH is 1. The van der Waals surface area contributed by atoms with E-state index in [0.717, 1.165) is 16.5 Å². The van der Waals surface area contributed by atoms with Crippen LogP contribution in [0.2, 0.25) is 0 Å². The van der Waals surface area contributed by atoms with E-state index in [4.69, 9.17) is 5.73 Å². The molecule has 32 heavy (non-hydrogen) atoms. The number of para-hydroxylation sites is 1. The quantitative estimate of drug-likeness (QED) is 0.219. The molecule has 0 saturated carbocycles. The van der Waals surface area contributed by atoms with Crippen LogP contribution in [-0.2, 0) is 27.2 Å². The van der Waals surface area contributed by atoms with Crippen LogP contribution in [0.4, 0.5) is 0 Å². The number of nitrogens with zero attached hydrogens (tertiary/aromatic N) is 1. The van der Waals surface area contributed by atoms with Crippen LogP contribution in [-0.4, -0.2) is 67.2 Å². The van der Waals surface area contributed by atoms with Crippen molar-refractivity contribution in [2.24, 2.45) is 5.73 Å². The first kappa shape index (κ1) is 23.0. The first-order valence-corrected chi connectivity index (χ1v) is 10.1. The molecule has 11 nitrogen and oxygen atoms in total. The Hall–Kier alpha value is -3.70. The monoisotopic (exact) mass is 442 g/mol. The lowest BCUT2D eigenvalue weighted by molar-refractivity contribution is -0.142. The number of nitrogens with two attached hydrogens (primary N) is 1. The van der Waals surface area contributed by atoms with E-state index in [2.05, 4.69) is 25.6 Å². The number of benzene rings is 1. The fourth-order valence-electron chi connectivity index (χ4n) is 3.37. The predicted molar refractivity (Wildman–Crippen MR) is 115 cm³/mol. The molecule has 2 heterocycles. The van der Waals surface area contributed by atoms with Crippen LogP contribution in [0.3, 0.4) is 0 Å². The van der Waals surface area contributed by atoms with Gasteiger partial charge in [-0.15, -0.1) is 0 Å². The van der Waals surface area contributed by atoms with Crippen molar-refractivity contribution in [1.29, 1.82) is 0 Å². The van der Waals surface area contributed by atoms with Crippen molar-refractivity contribution in [3.63, 3.8) is 0 Å². The molecule has 1 aromatic carbocycles. The maximum Gasteiger partial charge on any atom is 0.326 e. The lowest BCUT2D eigenvalue weighted by Crippen LogP contribution is -2.58. The SMILES string of the molecule is CC(O)C(NC(=O)C(N)Cc1c[nH]c2ccccc12)C(=O)NC(Cc1cnc[nH]1)C(=O)O. The molecular formula is C21H26N6O5. The van der Waals surface area contributed by atoms with Gasteiger partial charge in [-0.1, -0.05) is 18.2 Å². The van der Waals surface area contributed by atoms with E-state index in [0.29, 0.717) is 5.69 Å². The molecule has 0 radical (unpaired) electrons. The summed E-state index contributed by atoms with van der Waals surface area (Å²) < 4.78 is 0. The van der Waals surface area contributed by atoms with E-state index >= 15 is 0 Å². The number of aliphatic hydroxyl groups is 1. The number of aliphatic carboxylic acids is 1. The number of amides is 2. The largest absolute Gasteiger partial charge is 0.480 e. The van der Waals surface area contributed by atoms with Gasteiger partial charge in [0.25, 0.3) is 0 Å². The molecule has 0 bridgehead atoms. The average molecular weight is 442 g/mol. The Morgan fingerprint density at radius 3 is 2.53 bits per heavy atom. The molecule has 0 aliphatic rings. The summed E-state index contributed by atoms with van der Waals surface area (Å²) in [6.45, 7) is 1.32. The van der Waals surface area contributed by atoms with Crippen molar-refractivity contribution in [1.82, 2.24) is 25.6 Å². The summed E-state index contributed by atoms with van der Waals surface area (Å²) in [5.41, 5.74) is 8.30. The molecule has 3 aromatic rings. The summed E-state index contributed by atoms with van der Waals surface area (Å²) in [6.07, 6.45) is 3.50. The molecule has 0 fully saturated rings. The number of carboxylic acids is 1. The molecule has 0 aliphatic carbocycles. The smallest absolute Gasteiger partial charge is 0.326 e. The minimum atomic E-state index is -1.37. The number of rotatable bonds is 10. The van der Waals surface area contributed by atoms with E-state index < -0.39 is 42.0 Å². The van der Waals surface area contributed by atoms with Gasteiger partial charge in [0.1, 0.15) is 12.1 Å². The normalized spacial score (nSPS) is 15.0. The van der Waals surface area contributed by atoms with Crippen molar-refractivity contribution in [3.05, 3.63) is 54.2 Å². The first-order chi connectivity index (χ1) is 15.3. The van der Waals surface area contributed by atoms with Crippen molar-refractivity contribution in [3.8, 4) is 0 Å². The zero-order chi connectivity index (χ0) is 23.3. The van der Waals surface area contributed by atoms with Gasteiger partial charge < -0.3 is 36.5 Å². The number of carbonyl (C=O) groups excluding carboxylic acids is 2. The Labute approximate surface area is 183 Å². The third-order valence-corrected chi connectivity index (χ3v) is 5.11. The maximum atomic E-state index is 12.7. The molecule has 0 aliphatic heterocycles. The zero-order valence-electron chi connectivity index (χ0n) is 17.4. The van der Waals surface area contributed by atoms with Crippen LogP contribution in [0.5, 0.6) is 0 Å². The molecule has 11 heteroatoms. The molecule has 2 amide bonds. The van der Waals surface area contributed by atoms with Crippen LogP contribution >= 0.6 is 0 Å². The molecule has 0 saturated heterocycles. The Morgan fingerprint density at radius 2 is 1.88 bits per heavy atom. The van der Waals surface area contributed by atoms with Gasteiger partial charge >= 0.3 is 5.97 Å². The van der Waals surface area contributed by atoms with Crippen molar-refractivity contribution in [2.75, 3.05) is 0 Å². The highest BCUT2D eigenvalue weighted by molar-refractivity contribution is 5.92. The average Bonchev–Trinajstić information content (AvgIpc) is 3.41. The third-order valence-electron chi connectivity index (χ3n) is 5.11. The standard InChI is InChI=1S/C21H26N6O5/c1-11(28)18(20(30)26-17(21(31)32)7-13-9-23-10-25-13)27-19(29)15(22)6-12-8-24-16-5-3-2-4-14(12)16/h2-5,8-11,15,17-18,24,28H,6-7,22H2,1H3,(H,23,25)(H,26,30)(H,27,29)(H,31,32). The van der Waals surface area contributed by atoms with Crippen LogP contribution in [0.15, 0.2) is 43.0 Å². The number of hydrogen-bond donors (Lipinski definition) is 7. The van der Waals surface area contributed by atoms with Gasteiger partial charge in [-0.05, 0) is 25.0 Å². The molecule has 2 aromatic heterocycles. The Bertz CT molecular complexity index is 1080. The van der Waals surface area contributed by atoms with Crippen LogP contribution in [0, 0.1) is 0 Å². The van der Waals surface area contributed by atoms with Gasteiger partial charge in [0.15, 0.2) is 0 Å². The second-order valence-electron chi connectivity index (χ2n) is 7.58. The number of carboxylic acid groups (broad SMARTS) is 1. The van der Waals surface area contributed by atoms with E-state index in [-0.39, 0.29) is 12.8 Å². The summed E-state index contributed by atoms with van der Waals surface area (Å²) in [5.74, 6) is -2.74. The van der Waals surface area contributed by atoms with Crippen LogP contribution in [0.25, 0.3) is 10.9 Å². The summed E-state index contributed by atoms with van der Waals surface area (Å²) in [5, 5.41) is 25.2. The van der Waals surface area contributed by atoms with Gasteiger partial charge in [0.05, 0.1) is 18.5 Å². The predicted octanol–water partition coefficient (Wildman–Crippen LogP) is -0.561. The van der Waals surface area contributed by atoms with Crippen molar-refractivity contribution in [2.45, 2.75) is 44.0 Å². The lowest BCUT2D eigenvalue weighted by atomic mass is 10.0. The van der Waals surface area contributed by atoms with Crippen LogP contribution < -0.4 is 16.4 Å². The number of aromatic nitrogens is 3. The first-order valence-electron chi connectivity index (χ1n) is 10.1. The number of aromatic amines is 2. The number of fused-ring (bicyclic) bond motifs is 1. The number of H-pyrrole nitrogens is 2. The minimum Gasteiger partial charge on any atom is -0.480 e. The van der Waals surface area contributed by atoms with E-state index in [1.54, 1.807) is 6.20 Å². The van der Waals surface area contributed by atoms with Gasteiger partial charge in [-0.25, -0.2) is 9.78 Å².